The lowest BCUT2D eigenvalue weighted by atomic mass is 9.99. The monoisotopic (exact) mass is 489 g/mol. The van der Waals surface area contributed by atoms with E-state index in [4.69, 9.17) is 11.8 Å². The highest BCUT2D eigenvalue weighted by atomic mass is 32.2. The Morgan fingerprint density at radius 3 is 1.89 bits per heavy atom. The highest BCUT2D eigenvalue weighted by Crippen LogP contribution is 2.41. The third kappa shape index (κ3) is 3.06. The molecule has 0 unspecified atom stereocenters. The molecule has 0 bridgehead atoms. The number of rotatable bonds is 3. The van der Waals surface area contributed by atoms with Crippen LogP contribution in [0.3, 0.4) is 0 Å². The second-order valence-corrected chi connectivity index (χ2v) is 10.4. The lowest BCUT2D eigenvalue weighted by Crippen LogP contribution is -2.14. The Labute approximate surface area is 216 Å². The van der Waals surface area contributed by atoms with E-state index in [9.17, 15) is 8.42 Å². The van der Waals surface area contributed by atoms with Gasteiger partial charge >= 0.3 is 0 Å². The minimum atomic E-state index is -3.67. The normalized spacial score (nSPS) is 15.4. The standard InChI is InChI=1S/C31H20N2O2S/c34-36(35)28-11-5-4-10-27(28)33-30-26(9-6-12-29(30)36)32-31(33)25-19-17-24(18-20-25)23-15-13-22(14-16-23)21-7-2-1-3-8-21/h1-20H/i1D,2D,3D,7D,8D. The number of imidazole rings is 1. The van der Waals surface area contributed by atoms with Gasteiger partial charge in [-0.3, -0.25) is 4.57 Å². The van der Waals surface area contributed by atoms with Crippen molar-refractivity contribution in [2.75, 3.05) is 0 Å². The van der Waals surface area contributed by atoms with Gasteiger partial charge < -0.3 is 0 Å². The fourth-order valence-electron chi connectivity index (χ4n) is 4.76. The van der Waals surface area contributed by atoms with Crippen LogP contribution in [0, 0.1) is 0 Å². The van der Waals surface area contributed by atoms with E-state index in [2.05, 4.69) is 0 Å². The average molecular weight is 490 g/mol. The number of hydrogen-bond acceptors (Lipinski definition) is 3. The summed E-state index contributed by atoms with van der Waals surface area (Å²) in [5.41, 5.74) is 5.06. The van der Waals surface area contributed by atoms with Crippen molar-refractivity contribution in [3.05, 3.63) is 121 Å². The Morgan fingerprint density at radius 1 is 0.611 bits per heavy atom. The fourth-order valence-corrected chi connectivity index (χ4v) is 6.40. The van der Waals surface area contributed by atoms with Crippen molar-refractivity contribution in [3.8, 4) is 39.3 Å². The van der Waals surface area contributed by atoms with Gasteiger partial charge in [-0.1, -0.05) is 96.9 Å². The number of benzene rings is 5. The molecule has 0 spiro atoms. The Hall–Kier alpha value is -4.48. The number of fused-ring (bicyclic) bond motifs is 2. The van der Waals surface area contributed by atoms with Gasteiger partial charge in [0.25, 0.3) is 0 Å². The molecule has 0 fully saturated rings. The first-order chi connectivity index (χ1) is 19.7. The second kappa shape index (κ2) is 7.77. The Kier molecular flexibility index (Phi) is 3.50. The number of hydrogen-bond donors (Lipinski definition) is 0. The van der Waals surface area contributed by atoms with Crippen LogP contribution in [0.2, 0.25) is 0 Å². The molecule has 1 aromatic heterocycles. The maximum Gasteiger partial charge on any atom is 0.210 e. The molecule has 0 saturated heterocycles. The maximum absolute atomic E-state index is 13.3. The zero-order chi connectivity index (χ0) is 28.6. The largest absolute Gasteiger partial charge is 0.290 e. The molecule has 0 radical (unpaired) electrons. The molecule has 2 heterocycles. The third-order valence-corrected chi connectivity index (χ3v) is 8.31. The van der Waals surface area contributed by atoms with Crippen LogP contribution in [0.15, 0.2) is 131 Å². The van der Waals surface area contributed by atoms with Crippen LogP contribution < -0.4 is 0 Å². The van der Waals surface area contributed by atoms with Crippen LogP contribution >= 0.6 is 0 Å². The molecule has 5 heteroatoms. The summed E-state index contributed by atoms with van der Waals surface area (Å²) in [6.45, 7) is 0. The van der Waals surface area contributed by atoms with E-state index in [1.54, 1.807) is 42.5 Å². The van der Waals surface area contributed by atoms with Crippen molar-refractivity contribution in [3.63, 3.8) is 0 Å². The summed E-state index contributed by atoms with van der Waals surface area (Å²) in [4.78, 5) is 5.31. The highest BCUT2D eigenvalue weighted by molar-refractivity contribution is 7.92. The minimum Gasteiger partial charge on any atom is -0.290 e. The topological polar surface area (TPSA) is 52.0 Å². The molecule has 1 aliphatic heterocycles. The number of para-hydroxylation sites is 2. The van der Waals surface area contributed by atoms with Gasteiger partial charge in [0.05, 0.1) is 33.4 Å². The molecule has 0 saturated carbocycles. The van der Waals surface area contributed by atoms with Gasteiger partial charge in [0, 0.05) is 5.56 Å². The molecule has 172 valence electrons. The van der Waals surface area contributed by atoms with Crippen LogP contribution in [0.5, 0.6) is 0 Å². The Bertz CT molecular complexity index is 2130. The zero-order valence-electron chi connectivity index (χ0n) is 23.8. The summed E-state index contributed by atoms with van der Waals surface area (Å²) >= 11 is 0. The van der Waals surface area contributed by atoms with Crippen LogP contribution in [-0.2, 0) is 9.84 Å². The van der Waals surface area contributed by atoms with Gasteiger partial charge in [-0.2, -0.15) is 0 Å². The Balaban J connectivity index is 1.29. The molecule has 6 aromatic rings. The molecule has 1 aliphatic rings. The predicted octanol–water partition coefficient (Wildman–Crippen LogP) is 7.17. The van der Waals surface area contributed by atoms with Crippen molar-refractivity contribution in [2.45, 2.75) is 9.79 Å². The summed E-state index contributed by atoms with van der Waals surface area (Å²) in [5, 5.41) is 0. The zero-order valence-corrected chi connectivity index (χ0v) is 19.6. The number of aromatic nitrogens is 2. The van der Waals surface area contributed by atoms with Gasteiger partial charge in [0.2, 0.25) is 9.84 Å². The average Bonchev–Trinajstić information content (AvgIpc) is 3.39. The van der Waals surface area contributed by atoms with E-state index < -0.39 is 15.9 Å². The van der Waals surface area contributed by atoms with Gasteiger partial charge in [-0.05, 0) is 46.5 Å². The van der Waals surface area contributed by atoms with Crippen molar-refractivity contribution in [1.29, 1.82) is 0 Å². The second-order valence-electron chi connectivity index (χ2n) is 8.52. The van der Waals surface area contributed by atoms with Crippen LogP contribution in [-0.4, -0.2) is 18.0 Å². The van der Waals surface area contributed by atoms with Gasteiger partial charge in [-0.25, -0.2) is 13.4 Å². The SMILES string of the molecule is [2H]c1c([2H])c([2H])c(-c2ccc(-c3ccc(-c4nc5cccc6c5n4-c4ccccc4S6(=O)=O)cc3)cc2)c([2H])c1[2H]. The quantitative estimate of drug-likeness (QED) is 0.264. The molecule has 0 amide bonds. The van der Waals surface area contributed by atoms with E-state index in [-0.39, 0.29) is 39.5 Å². The summed E-state index contributed by atoms with van der Waals surface area (Å²) in [6.07, 6.45) is 0. The number of sulfone groups is 1. The number of nitrogens with zero attached hydrogens (tertiary/aromatic N) is 2. The lowest BCUT2D eigenvalue weighted by Gasteiger charge is -2.20. The van der Waals surface area contributed by atoms with Gasteiger partial charge in [-0.15, -0.1) is 0 Å². The van der Waals surface area contributed by atoms with Gasteiger partial charge in [0.15, 0.2) is 0 Å². The van der Waals surface area contributed by atoms with E-state index in [1.165, 1.54) is 0 Å². The van der Waals surface area contributed by atoms with Gasteiger partial charge in [0.1, 0.15) is 5.82 Å². The molecule has 0 N–H and O–H groups in total. The van der Waals surface area contributed by atoms with Crippen LogP contribution in [0.4, 0.5) is 0 Å². The molecular weight excluding hydrogens is 464 g/mol. The van der Waals surface area contributed by atoms with Crippen LogP contribution in [0.1, 0.15) is 6.85 Å². The summed E-state index contributed by atoms with van der Waals surface area (Å²) in [5.74, 6) is 0.637. The first kappa shape index (κ1) is 16.2. The van der Waals surface area contributed by atoms with E-state index in [0.29, 0.717) is 28.1 Å². The first-order valence-electron chi connectivity index (χ1n) is 13.8. The molecule has 7 rings (SSSR count). The van der Waals surface area contributed by atoms with E-state index >= 15 is 0 Å². The summed E-state index contributed by atoms with van der Waals surface area (Å²) in [7, 11) is -3.67. The molecule has 4 nitrogen and oxygen atoms in total. The minimum absolute atomic E-state index is 0.167. The summed E-state index contributed by atoms with van der Waals surface area (Å²) < 4.78 is 68.8. The Morgan fingerprint density at radius 2 is 1.19 bits per heavy atom. The third-order valence-electron chi connectivity index (χ3n) is 6.47. The molecule has 0 atom stereocenters. The van der Waals surface area contributed by atoms with Crippen molar-refractivity contribution >= 4 is 20.9 Å². The van der Waals surface area contributed by atoms with E-state index in [0.717, 1.165) is 16.7 Å². The molecule has 36 heavy (non-hydrogen) atoms. The predicted molar refractivity (Wildman–Crippen MR) is 143 cm³/mol. The van der Waals surface area contributed by atoms with Crippen molar-refractivity contribution in [2.24, 2.45) is 0 Å². The van der Waals surface area contributed by atoms with E-state index in [1.807, 2.05) is 53.1 Å². The lowest BCUT2D eigenvalue weighted by molar-refractivity contribution is 0.594. The summed E-state index contributed by atoms with van der Waals surface area (Å²) in [6, 6.07) is 25.5. The fraction of sp³-hybridized carbons (Fsp3) is 0. The molecule has 0 aliphatic carbocycles. The van der Waals surface area contributed by atoms with Crippen LogP contribution in [0.25, 0.3) is 50.4 Å². The smallest absolute Gasteiger partial charge is 0.210 e. The highest BCUT2D eigenvalue weighted by Gasteiger charge is 2.33. The molecular formula is C31H20N2O2S. The van der Waals surface area contributed by atoms with Crippen molar-refractivity contribution < 1.29 is 15.3 Å². The van der Waals surface area contributed by atoms with Crippen molar-refractivity contribution in [1.82, 2.24) is 9.55 Å². The molecule has 5 aromatic carbocycles. The maximum atomic E-state index is 13.3. The first-order valence-corrected chi connectivity index (χ1v) is 12.8.